The van der Waals surface area contributed by atoms with Crippen LogP contribution in [0, 0.1) is 0 Å². The minimum absolute atomic E-state index is 0.479. The lowest BCUT2D eigenvalue weighted by Gasteiger charge is -2.25. The van der Waals surface area contributed by atoms with Crippen LogP contribution in [0.15, 0.2) is 60.1 Å². The molecule has 0 amide bonds. The molecule has 2 atom stereocenters. The van der Waals surface area contributed by atoms with Crippen LogP contribution >= 0.6 is 0 Å². The quantitative estimate of drug-likeness (QED) is 0.305. The summed E-state index contributed by atoms with van der Waals surface area (Å²) in [4.78, 5) is 8.25. The number of rotatable bonds is 8. The van der Waals surface area contributed by atoms with E-state index in [1.807, 2.05) is 25.1 Å². The molecule has 29 heavy (non-hydrogen) atoms. The average molecular weight is 449 g/mol. The first-order chi connectivity index (χ1) is 13.2. The summed E-state index contributed by atoms with van der Waals surface area (Å²) in [7, 11) is -3.75. The van der Waals surface area contributed by atoms with Gasteiger partial charge in [0.1, 0.15) is 12.4 Å². The molecule has 0 fully saturated rings. The lowest BCUT2D eigenvalue weighted by molar-refractivity contribution is -0.779. The Morgan fingerprint density at radius 1 is 0.828 bits per heavy atom. The molecule has 0 aliphatic carbocycles. The van der Waals surface area contributed by atoms with Crippen molar-refractivity contribution in [1.29, 1.82) is 0 Å². The molecule has 2 unspecified atom stereocenters. The Morgan fingerprint density at radius 2 is 1.17 bits per heavy atom. The summed E-state index contributed by atoms with van der Waals surface area (Å²) in [5, 5.41) is 0. The first-order valence-electron chi connectivity index (χ1n) is 8.47. The van der Waals surface area contributed by atoms with Crippen LogP contribution in [0.1, 0.15) is 6.42 Å². The summed E-state index contributed by atoms with van der Waals surface area (Å²) in [6, 6.07) is 0. The molecule has 0 radical (unpaired) electrons. The van der Waals surface area contributed by atoms with Gasteiger partial charge in [0.05, 0.1) is 71.3 Å². The van der Waals surface area contributed by atoms with E-state index in [1.165, 1.54) is 0 Å². The van der Waals surface area contributed by atoms with E-state index in [-0.39, 0.29) is 0 Å². The monoisotopic (exact) mass is 448 g/mol. The maximum Gasteiger partial charge on any atom is 0.194 e. The van der Waals surface area contributed by atoms with Gasteiger partial charge in [-0.25, -0.2) is 26.8 Å². The third kappa shape index (κ3) is 14.7. The SMILES string of the molecule is C=CCS(=O)(=O)[O-].C=CCS(=O)(=O)[O-].C[N+]1(CCC[N+]2(C)C=CN=C2)C=CN=C1. The van der Waals surface area contributed by atoms with Crippen molar-refractivity contribution in [2.75, 3.05) is 38.7 Å². The third-order valence-electron chi connectivity index (χ3n) is 3.57. The molecule has 0 saturated carbocycles. The van der Waals surface area contributed by atoms with E-state index in [0.717, 1.165) is 40.6 Å². The van der Waals surface area contributed by atoms with Crippen molar-refractivity contribution in [3.63, 3.8) is 0 Å². The summed E-state index contributed by atoms with van der Waals surface area (Å²) in [6.45, 7) is 8.32. The number of aliphatic imine (C=N–C) groups is 2. The highest BCUT2D eigenvalue weighted by atomic mass is 32.2. The van der Waals surface area contributed by atoms with Crippen LogP contribution in [0.2, 0.25) is 0 Å². The van der Waals surface area contributed by atoms with Crippen molar-refractivity contribution in [2.45, 2.75) is 6.42 Å². The Morgan fingerprint density at radius 3 is 1.34 bits per heavy atom. The molecule has 0 bridgehead atoms. The van der Waals surface area contributed by atoms with E-state index >= 15 is 0 Å². The van der Waals surface area contributed by atoms with Crippen molar-refractivity contribution in [2.24, 2.45) is 9.98 Å². The van der Waals surface area contributed by atoms with Gasteiger partial charge < -0.3 is 9.11 Å². The van der Waals surface area contributed by atoms with E-state index in [4.69, 9.17) is 0 Å². The summed E-state index contributed by atoms with van der Waals surface area (Å²) in [5.74, 6) is -0.958. The molecule has 2 heterocycles. The highest BCUT2D eigenvalue weighted by Crippen LogP contribution is 2.12. The first kappa shape index (κ1) is 27.0. The summed E-state index contributed by atoms with van der Waals surface area (Å²) in [5.41, 5.74) is 0. The molecule has 0 aromatic rings. The standard InChI is InChI=1S/C11H18N4.2C3H6O3S/c1-14(8-4-12-10-14)6-3-7-15(2)9-5-13-11-15;2*1-2-3-7(4,5)6/h4-5,8-11H,3,6-7H2,1-2H3;2*2H,1,3H2,(H,4,5,6)/q+2;;/p-2. The maximum absolute atomic E-state index is 9.60. The maximum atomic E-state index is 9.60. The molecule has 2 rings (SSSR count). The van der Waals surface area contributed by atoms with Crippen molar-refractivity contribution in [3.05, 3.63) is 50.1 Å². The topological polar surface area (TPSA) is 139 Å². The van der Waals surface area contributed by atoms with Crippen LogP contribution in [-0.2, 0) is 20.2 Å². The van der Waals surface area contributed by atoms with Crippen LogP contribution in [0.3, 0.4) is 0 Å². The fraction of sp³-hybridized carbons (Fsp3) is 0.412. The highest BCUT2D eigenvalue weighted by Gasteiger charge is 2.24. The molecule has 12 heteroatoms. The van der Waals surface area contributed by atoms with Crippen molar-refractivity contribution >= 4 is 32.9 Å². The van der Waals surface area contributed by atoms with Crippen LogP contribution in [0.4, 0.5) is 0 Å². The van der Waals surface area contributed by atoms with Gasteiger partial charge in [-0.05, 0) is 0 Å². The highest BCUT2D eigenvalue weighted by molar-refractivity contribution is 7.86. The molecular weight excluding hydrogens is 420 g/mol. The van der Waals surface area contributed by atoms with Gasteiger partial charge in [0, 0.05) is 6.42 Å². The smallest absolute Gasteiger partial charge is 0.194 e. The van der Waals surface area contributed by atoms with Gasteiger partial charge in [0.2, 0.25) is 0 Å². The molecule has 0 saturated heterocycles. The molecule has 0 aromatic heterocycles. The summed E-state index contributed by atoms with van der Waals surface area (Å²) < 4.78 is 59.3. The Labute approximate surface area is 173 Å². The third-order valence-corrected chi connectivity index (χ3v) is 4.86. The van der Waals surface area contributed by atoms with E-state index in [2.05, 4.69) is 49.6 Å². The second-order valence-electron chi connectivity index (χ2n) is 6.65. The Bertz CT molecular complexity index is 778. The fourth-order valence-corrected chi connectivity index (χ4v) is 2.72. The number of nitrogens with zero attached hydrogens (tertiary/aromatic N) is 4. The lowest BCUT2D eigenvalue weighted by atomic mass is 10.3. The zero-order chi connectivity index (χ0) is 22.6. The number of quaternary nitrogens is 2. The van der Waals surface area contributed by atoms with Crippen LogP contribution in [0.5, 0.6) is 0 Å². The minimum atomic E-state index is -4.04. The Balaban J connectivity index is 0.000000473. The van der Waals surface area contributed by atoms with Crippen LogP contribution < -0.4 is 0 Å². The number of hydrogen-bond acceptors (Lipinski definition) is 8. The van der Waals surface area contributed by atoms with Gasteiger partial charge in [-0.1, -0.05) is 12.2 Å². The van der Waals surface area contributed by atoms with Crippen molar-refractivity contribution in [3.8, 4) is 0 Å². The Hall–Kier alpha value is -1.96. The molecule has 0 N–H and O–H groups in total. The summed E-state index contributed by atoms with van der Waals surface area (Å²) in [6.07, 6.45) is 15.2. The van der Waals surface area contributed by atoms with Crippen LogP contribution in [0.25, 0.3) is 0 Å². The normalized spacial score (nSPS) is 24.4. The first-order valence-corrected chi connectivity index (χ1v) is 11.6. The van der Waals surface area contributed by atoms with Gasteiger partial charge in [-0.3, -0.25) is 8.97 Å². The van der Waals surface area contributed by atoms with E-state index in [0.29, 0.717) is 0 Å². The predicted molar refractivity (Wildman–Crippen MR) is 112 cm³/mol. The van der Waals surface area contributed by atoms with E-state index in [1.54, 1.807) is 0 Å². The molecule has 0 aromatic carbocycles. The summed E-state index contributed by atoms with van der Waals surface area (Å²) >= 11 is 0. The zero-order valence-electron chi connectivity index (χ0n) is 16.6. The van der Waals surface area contributed by atoms with Crippen molar-refractivity contribution < 1.29 is 34.9 Å². The largest absolute Gasteiger partial charge is 0.748 e. The molecule has 0 spiro atoms. The zero-order valence-corrected chi connectivity index (χ0v) is 18.3. The lowest BCUT2D eigenvalue weighted by Crippen LogP contribution is -2.41. The fourth-order valence-electron chi connectivity index (χ4n) is 2.15. The van der Waals surface area contributed by atoms with Crippen molar-refractivity contribution in [1.82, 2.24) is 0 Å². The average Bonchev–Trinajstić information content (AvgIpc) is 3.16. The Kier molecular flexibility index (Phi) is 11.1. The van der Waals surface area contributed by atoms with Gasteiger partial charge in [0.15, 0.2) is 12.7 Å². The van der Waals surface area contributed by atoms with Gasteiger partial charge >= 0.3 is 0 Å². The molecule has 10 nitrogen and oxygen atoms in total. The van der Waals surface area contributed by atoms with E-state index < -0.39 is 31.7 Å². The molecule has 2 aliphatic heterocycles. The van der Waals surface area contributed by atoms with E-state index in [9.17, 15) is 25.9 Å². The molecule has 164 valence electrons. The van der Waals surface area contributed by atoms with Gasteiger partial charge in [0.25, 0.3) is 0 Å². The molecular formula is C17H28N4O6S2. The number of hydrogen-bond donors (Lipinski definition) is 0. The molecule has 2 aliphatic rings. The minimum Gasteiger partial charge on any atom is -0.748 e. The predicted octanol–water partition coefficient (Wildman–Crippen LogP) is 0.731. The van der Waals surface area contributed by atoms with Gasteiger partial charge in [-0.15, -0.1) is 13.2 Å². The second kappa shape index (κ2) is 11.9. The van der Waals surface area contributed by atoms with Gasteiger partial charge in [-0.2, -0.15) is 0 Å². The van der Waals surface area contributed by atoms with Crippen LogP contribution in [-0.4, -0.2) is 86.3 Å². The second-order valence-corrected chi connectivity index (χ2v) is 9.54.